The van der Waals surface area contributed by atoms with Crippen LogP contribution in [0.3, 0.4) is 0 Å². The normalized spacial score (nSPS) is 30.0. The number of hydrogen-bond donors (Lipinski definition) is 2. The van der Waals surface area contributed by atoms with Crippen molar-refractivity contribution >= 4 is 48.0 Å². The van der Waals surface area contributed by atoms with Gasteiger partial charge in [-0.05, 0) is 255 Å². The highest BCUT2D eigenvalue weighted by atomic mass is 16.7. The van der Waals surface area contributed by atoms with E-state index >= 15 is 0 Å². The Labute approximate surface area is 637 Å². The number of carbonyl (C=O) groups is 6. The minimum atomic E-state index is -0.858. The lowest BCUT2D eigenvalue weighted by molar-refractivity contribution is -0.260. The second-order valence-electron chi connectivity index (χ2n) is 32.5. The van der Waals surface area contributed by atoms with E-state index < -0.39 is 47.4 Å². The minimum absolute atomic E-state index is 0.0568. The molecule has 2 aromatic rings. The van der Waals surface area contributed by atoms with Crippen LogP contribution in [-0.2, 0) is 71.4 Å². The molecule has 12 bridgehead atoms. The topological polar surface area (TPSA) is 254 Å². The quantitative estimate of drug-likeness (QED) is 0.0384. The standard InChI is InChI=1S/C17H26O2.C16H20O6.C16H24O4.C14H20O4.C12H20O2.C12H16O2/c1-10(2)16(18)19-17(11(3)4)14-6-12-5-13(8-14)9-15(17)7-12;1-8(2)15(18)20-7-13(17)22-14-10-3-9-4-11(6-10)16(19)21-12(14)5-9;1-6-14-9-10-15(19-12(4)17-7-2)16(11-14)20-13(5)18-8-3;1-9(2)11(15)18-14-5-10-3-12(16,7-14)6-13(17,4-10)8-14;1-9(2)11(13)14-12(10(3)4)7-5-6-8-12;1-4-11-6-8-12(9-7-11)14-10(3)13-5-2/h11-15H,1,5-9H2,2-4H3;9-12,14H,1,3-7H2,2H3;6,9-13H,1,7-8H2,2-5H3;10,16-17H,1,3-8H2,2H3;10H,1,5-8H2,2-4H3;4,6-10H,1,5H2,2-3H3. The summed E-state index contributed by atoms with van der Waals surface area (Å²) in [7, 11) is 0. The summed E-state index contributed by atoms with van der Waals surface area (Å²) < 4.78 is 66.0. The Bertz CT molecular complexity index is 3380. The Hall–Kier alpha value is -7.10. The van der Waals surface area contributed by atoms with E-state index in [1.165, 1.54) is 51.9 Å². The van der Waals surface area contributed by atoms with E-state index in [2.05, 4.69) is 67.2 Å². The fraction of sp³-hybridized carbons (Fsp3) is 0.655. The first-order chi connectivity index (χ1) is 50.4. The third-order valence-corrected chi connectivity index (χ3v) is 22.9. The van der Waals surface area contributed by atoms with Gasteiger partial charge in [0, 0.05) is 67.3 Å². The van der Waals surface area contributed by atoms with Gasteiger partial charge in [0.2, 0.25) is 0 Å². The molecule has 0 radical (unpaired) electrons. The van der Waals surface area contributed by atoms with Gasteiger partial charge in [-0.2, -0.15) is 0 Å². The number of esters is 6. The maximum absolute atomic E-state index is 12.1. The Balaban J connectivity index is 0.000000180. The molecule has 0 amide bonds. The molecule has 2 aliphatic heterocycles. The van der Waals surface area contributed by atoms with Crippen molar-refractivity contribution in [2.45, 2.75) is 278 Å². The zero-order chi connectivity index (χ0) is 78.9. The number of carbonyl (C=O) groups excluding carboxylic acids is 6. The van der Waals surface area contributed by atoms with Crippen LogP contribution in [0.4, 0.5) is 0 Å². The Morgan fingerprint density at radius 3 is 1.51 bits per heavy atom. The molecule has 20 heteroatoms. The second kappa shape index (κ2) is 38.5. The summed E-state index contributed by atoms with van der Waals surface area (Å²) in [6, 6.07) is 13.4. The summed E-state index contributed by atoms with van der Waals surface area (Å²) in [5.74, 6) is 4.48. The highest BCUT2D eigenvalue weighted by Crippen LogP contribution is 2.63. The first-order valence-corrected chi connectivity index (χ1v) is 39.1. The number of fused-ring (bicyclic) bond motifs is 1. The average Bonchev–Trinajstić information content (AvgIpc) is 1.35. The van der Waals surface area contributed by atoms with Crippen molar-refractivity contribution < 1.29 is 95.8 Å². The van der Waals surface area contributed by atoms with E-state index in [1.807, 2.05) is 84.0 Å². The summed E-state index contributed by atoms with van der Waals surface area (Å²) in [5, 5.41) is 21.0. The predicted octanol–water partition coefficient (Wildman–Crippen LogP) is 16.7. The van der Waals surface area contributed by atoms with Crippen LogP contribution in [0.1, 0.15) is 230 Å². The maximum Gasteiger partial charge on any atom is 0.344 e. The van der Waals surface area contributed by atoms with Crippen LogP contribution in [0.5, 0.6) is 17.2 Å². The van der Waals surface area contributed by atoms with E-state index in [9.17, 15) is 39.0 Å². The summed E-state index contributed by atoms with van der Waals surface area (Å²) in [6.07, 6.45) is 19.6. The lowest BCUT2D eigenvalue weighted by Gasteiger charge is -2.62. The van der Waals surface area contributed by atoms with Crippen LogP contribution in [0.15, 0.2) is 104 Å². The molecule has 2 N–H and O–H groups in total. The minimum Gasteiger partial charge on any atom is -0.465 e. The first kappa shape index (κ1) is 87.1. The van der Waals surface area contributed by atoms with Crippen LogP contribution in [-0.4, -0.2) is 132 Å². The molecular formula is C87H126O20. The fourth-order valence-corrected chi connectivity index (χ4v) is 18.8. The monoisotopic (exact) mass is 1490 g/mol. The summed E-state index contributed by atoms with van der Waals surface area (Å²) >= 11 is 0. The van der Waals surface area contributed by atoms with Gasteiger partial charge >= 0.3 is 35.8 Å². The molecule has 0 aromatic heterocycles. The van der Waals surface area contributed by atoms with Crippen LogP contribution >= 0.6 is 0 Å². The zero-order valence-electron chi connectivity index (χ0n) is 66.6. The van der Waals surface area contributed by atoms with Gasteiger partial charge in [-0.15, -0.1) is 0 Å². The Morgan fingerprint density at radius 2 is 1.03 bits per heavy atom. The smallest absolute Gasteiger partial charge is 0.344 e. The summed E-state index contributed by atoms with van der Waals surface area (Å²) in [4.78, 5) is 70.5. The number of ether oxygens (including phenoxy) is 12. The van der Waals surface area contributed by atoms with Crippen LogP contribution in [0.2, 0.25) is 0 Å². The molecule has 13 fully saturated rings. The van der Waals surface area contributed by atoms with Gasteiger partial charge < -0.3 is 67.1 Å². The highest BCUT2D eigenvalue weighted by Gasteiger charge is 2.65. The van der Waals surface area contributed by atoms with Gasteiger partial charge in [0.1, 0.15) is 34.8 Å². The van der Waals surface area contributed by atoms with Crippen molar-refractivity contribution in [1.29, 1.82) is 0 Å². The molecule has 10 unspecified atom stereocenters. The number of hydrogen-bond acceptors (Lipinski definition) is 20. The number of benzene rings is 2. The van der Waals surface area contributed by atoms with Crippen molar-refractivity contribution in [3.05, 3.63) is 115 Å². The molecule has 15 rings (SSSR count). The molecule has 11 saturated carbocycles. The first-order valence-electron chi connectivity index (χ1n) is 39.1. The lowest BCUT2D eigenvalue weighted by Crippen LogP contribution is -2.66. The van der Waals surface area contributed by atoms with E-state index in [0.29, 0.717) is 96.9 Å². The second-order valence-corrected chi connectivity index (χ2v) is 32.5. The molecule has 2 saturated heterocycles. The highest BCUT2D eigenvalue weighted by molar-refractivity contribution is 5.89. The van der Waals surface area contributed by atoms with Gasteiger partial charge in [-0.1, -0.05) is 97.5 Å². The molecule has 107 heavy (non-hydrogen) atoms. The summed E-state index contributed by atoms with van der Waals surface area (Å²) in [5.41, 5.74) is 0.857. The Kier molecular flexibility index (Phi) is 31.4. The number of rotatable bonds is 26. The van der Waals surface area contributed by atoms with Crippen molar-refractivity contribution in [3.8, 4) is 17.2 Å². The van der Waals surface area contributed by atoms with Crippen molar-refractivity contribution in [1.82, 2.24) is 0 Å². The SMILES string of the molecule is C=C(C)C(=O)OC1(C(C)C)C2CC3CC(C2)CC1C3.C=C(C)C(=O)OC1(C(C)C)CCCC1.C=C(C)C(=O)OC12CC3CC(O)(CC(O)(C3)C1)C2.C=C(C)C(=O)OCC(=O)OC1C2CC3CC(C2)C(=O)OC1C3.C=Cc1ccc(OC(C)OCC)c(OC(C)OCC)c1.C=Cc1ccc(OC(C)OCC)cc1. The predicted molar refractivity (Wildman–Crippen MR) is 410 cm³/mol. The third-order valence-electron chi connectivity index (χ3n) is 22.9. The summed E-state index contributed by atoms with van der Waals surface area (Å²) in [6.45, 7) is 49.9. The van der Waals surface area contributed by atoms with Gasteiger partial charge in [0.25, 0.3) is 0 Å². The molecule has 0 spiro atoms. The molecular weight excluding hydrogens is 1360 g/mol. The maximum atomic E-state index is 12.1. The van der Waals surface area contributed by atoms with E-state index in [-0.39, 0.29) is 77.4 Å². The van der Waals surface area contributed by atoms with E-state index in [4.69, 9.17) is 56.8 Å². The third kappa shape index (κ3) is 23.5. The van der Waals surface area contributed by atoms with Crippen molar-refractivity contribution in [3.63, 3.8) is 0 Å². The molecule has 2 aromatic carbocycles. The Morgan fingerprint density at radius 1 is 0.542 bits per heavy atom. The van der Waals surface area contributed by atoms with Gasteiger partial charge in [-0.25, -0.2) is 24.0 Å². The van der Waals surface area contributed by atoms with Gasteiger partial charge in [0.05, 0.1) is 17.1 Å². The van der Waals surface area contributed by atoms with Gasteiger partial charge in [0.15, 0.2) is 37.0 Å². The van der Waals surface area contributed by atoms with Crippen LogP contribution < -0.4 is 14.2 Å². The molecule has 13 aliphatic rings. The molecule has 10 atom stereocenters. The number of aliphatic hydroxyl groups is 2. The van der Waals surface area contributed by atoms with Crippen LogP contribution in [0, 0.1) is 59.2 Å². The lowest BCUT2D eigenvalue weighted by atomic mass is 9.47. The average molecular weight is 1490 g/mol. The van der Waals surface area contributed by atoms with E-state index in [0.717, 1.165) is 86.5 Å². The molecule has 11 aliphatic carbocycles. The van der Waals surface area contributed by atoms with Crippen molar-refractivity contribution in [2.75, 3.05) is 26.4 Å². The molecule has 594 valence electrons. The van der Waals surface area contributed by atoms with Crippen molar-refractivity contribution in [2.24, 2.45) is 59.2 Å². The fourth-order valence-electron chi connectivity index (χ4n) is 18.8. The molecule has 20 nitrogen and oxygen atoms in total. The van der Waals surface area contributed by atoms with Gasteiger partial charge in [-0.3, -0.25) is 4.79 Å². The largest absolute Gasteiger partial charge is 0.465 e. The molecule has 2 heterocycles. The van der Waals surface area contributed by atoms with E-state index in [1.54, 1.807) is 32.9 Å². The zero-order valence-corrected chi connectivity index (χ0v) is 66.6. The van der Waals surface area contributed by atoms with Crippen LogP contribution in [0.25, 0.3) is 12.2 Å².